The Labute approximate surface area is 314 Å². The van der Waals surface area contributed by atoms with Crippen molar-refractivity contribution in [2.45, 2.75) is 0 Å². The minimum atomic E-state index is 0.883. The molecule has 0 unspecified atom stereocenters. The van der Waals surface area contributed by atoms with E-state index >= 15 is 0 Å². The second-order valence-corrected chi connectivity index (χ2v) is 13.7. The molecule has 0 saturated heterocycles. The lowest BCUT2D eigenvalue weighted by molar-refractivity contribution is 0.632. The van der Waals surface area contributed by atoms with Crippen LogP contribution in [0.5, 0.6) is 0 Å². The summed E-state index contributed by atoms with van der Waals surface area (Å²) in [7, 11) is 0. The minimum Gasteiger partial charge on any atom is -0.455 e. The fraction of sp³-hybridized carbons (Fsp3) is 0. The Morgan fingerprint density at radius 1 is 0.315 bits per heavy atom. The summed E-state index contributed by atoms with van der Waals surface area (Å²) < 4.78 is 6.58. The van der Waals surface area contributed by atoms with E-state index in [1.807, 2.05) is 12.1 Å². The second-order valence-electron chi connectivity index (χ2n) is 13.7. The monoisotopic (exact) mass is 689 g/mol. The number of hydrogen-bond acceptors (Lipinski definition) is 2. The first-order chi connectivity index (χ1) is 26.8. The van der Waals surface area contributed by atoms with Gasteiger partial charge in [0.05, 0.1) is 5.69 Å². The van der Waals surface area contributed by atoms with Gasteiger partial charge >= 0.3 is 0 Å². The van der Waals surface area contributed by atoms with Gasteiger partial charge in [-0.05, 0) is 86.4 Å². The van der Waals surface area contributed by atoms with Gasteiger partial charge in [-0.3, -0.25) is 0 Å². The highest BCUT2D eigenvalue weighted by Gasteiger charge is 2.20. The van der Waals surface area contributed by atoms with Crippen molar-refractivity contribution in [3.8, 4) is 44.7 Å². The maximum absolute atomic E-state index is 6.58. The summed E-state index contributed by atoms with van der Waals surface area (Å²) in [5.41, 5.74) is 12.2. The fourth-order valence-corrected chi connectivity index (χ4v) is 7.89. The Hall–Kier alpha value is -7.16. The Bertz CT molecular complexity index is 2920. The number of nitrogens with zero attached hydrogens (tertiary/aromatic N) is 1. The van der Waals surface area contributed by atoms with Crippen molar-refractivity contribution in [2.75, 3.05) is 4.90 Å². The van der Waals surface area contributed by atoms with Crippen molar-refractivity contribution >= 4 is 49.6 Å². The SMILES string of the molecule is c1ccc(-c2cccc(N(c3ccc(-c4cccc(-c5oc6ccccc6c5-c5ccccc5)c4)cc3)c3cc4ccccc4c4ccccc34)c2)cc1. The predicted octanol–water partition coefficient (Wildman–Crippen LogP) is 14.9. The molecule has 2 heteroatoms. The van der Waals surface area contributed by atoms with Crippen LogP contribution in [0, 0.1) is 0 Å². The summed E-state index contributed by atoms with van der Waals surface area (Å²) in [5, 5.41) is 6.03. The lowest BCUT2D eigenvalue weighted by Gasteiger charge is -2.28. The van der Waals surface area contributed by atoms with Crippen LogP contribution in [0.1, 0.15) is 0 Å². The van der Waals surface area contributed by atoms with Crippen molar-refractivity contribution in [1.82, 2.24) is 0 Å². The van der Waals surface area contributed by atoms with Gasteiger partial charge in [-0.1, -0.05) is 170 Å². The van der Waals surface area contributed by atoms with Crippen LogP contribution in [-0.4, -0.2) is 0 Å². The molecule has 0 radical (unpaired) electrons. The molecule has 0 N–H and O–H groups in total. The first-order valence-electron chi connectivity index (χ1n) is 18.4. The van der Waals surface area contributed by atoms with Gasteiger partial charge in [0.1, 0.15) is 11.3 Å². The molecule has 0 amide bonds. The zero-order valence-electron chi connectivity index (χ0n) is 29.6. The zero-order chi connectivity index (χ0) is 35.8. The van der Waals surface area contributed by atoms with Crippen LogP contribution in [0.15, 0.2) is 217 Å². The van der Waals surface area contributed by atoms with Crippen LogP contribution in [0.25, 0.3) is 77.2 Å². The third kappa shape index (κ3) is 5.62. The normalized spacial score (nSPS) is 11.3. The molecule has 0 aliphatic heterocycles. The molecule has 0 aliphatic rings. The predicted molar refractivity (Wildman–Crippen MR) is 228 cm³/mol. The van der Waals surface area contributed by atoms with E-state index in [0.717, 1.165) is 61.6 Å². The summed E-state index contributed by atoms with van der Waals surface area (Å²) in [6.45, 7) is 0. The Morgan fingerprint density at radius 2 is 0.870 bits per heavy atom. The second kappa shape index (κ2) is 13.4. The Kier molecular flexibility index (Phi) is 7.85. The van der Waals surface area contributed by atoms with Crippen molar-refractivity contribution in [1.29, 1.82) is 0 Å². The number of para-hydroxylation sites is 1. The van der Waals surface area contributed by atoms with Crippen molar-refractivity contribution in [3.63, 3.8) is 0 Å². The molecule has 0 fully saturated rings. The number of rotatable bonds is 7. The molecule has 10 aromatic rings. The number of fused-ring (bicyclic) bond motifs is 4. The topological polar surface area (TPSA) is 16.4 Å². The maximum Gasteiger partial charge on any atom is 0.143 e. The largest absolute Gasteiger partial charge is 0.455 e. The van der Waals surface area contributed by atoms with Gasteiger partial charge in [0.15, 0.2) is 0 Å². The van der Waals surface area contributed by atoms with E-state index in [1.54, 1.807) is 0 Å². The molecule has 0 saturated carbocycles. The van der Waals surface area contributed by atoms with Gasteiger partial charge < -0.3 is 9.32 Å². The number of furan rings is 1. The quantitative estimate of drug-likeness (QED) is 0.155. The molecule has 0 aliphatic carbocycles. The van der Waals surface area contributed by atoms with E-state index in [-0.39, 0.29) is 0 Å². The van der Waals surface area contributed by atoms with E-state index in [2.05, 4.69) is 205 Å². The van der Waals surface area contributed by atoms with Gasteiger partial charge in [0.25, 0.3) is 0 Å². The van der Waals surface area contributed by atoms with Crippen molar-refractivity contribution < 1.29 is 4.42 Å². The highest BCUT2D eigenvalue weighted by molar-refractivity contribution is 6.14. The number of hydrogen-bond donors (Lipinski definition) is 0. The fourth-order valence-electron chi connectivity index (χ4n) is 7.89. The van der Waals surface area contributed by atoms with E-state index in [4.69, 9.17) is 4.42 Å². The molecule has 2 nitrogen and oxygen atoms in total. The highest BCUT2D eigenvalue weighted by atomic mass is 16.3. The third-order valence-electron chi connectivity index (χ3n) is 10.4. The summed E-state index contributed by atoms with van der Waals surface area (Å²) >= 11 is 0. The van der Waals surface area contributed by atoms with Crippen LogP contribution in [0.3, 0.4) is 0 Å². The van der Waals surface area contributed by atoms with Crippen LogP contribution in [-0.2, 0) is 0 Å². The number of anilines is 3. The van der Waals surface area contributed by atoms with Gasteiger partial charge in [-0.15, -0.1) is 0 Å². The molecule has 0 spiro atoms. The van der Waals surface area contributed by atoms with Crippen LogP contribution in [0.4, 0.5) is 17.1 Å². The van der Waals surface area contributed by atoms with Crippen LogP contribution < -0.4 is 4.90 Å². The lowest BCUT2D eigenvalue weighted by Crippen LogP contribution is -2.10. The summed E-state index contributed by atoms with van der Waals surface area (Å²) in [6, 6.07) is 75.8. The molecule has 10 rings (SSSR count). The summed E-state index contributed by atoms with van der Waals surface area (Å²) in [5.74, 6) is 0.883. The van der Waals surface area contributed by atoms with Crippen molar-refractivity contribution in [2.24, 2.45) is 0 Å². The molecule has 0 bridgehead atoms. The summed E-state index contributed by atoms with van der Waals surface area (Å²) in [4.78, 5) is 2.40. The smallest absolute Gasteiger partial charge is 0.143 e. The molecule has 9 aromatic carbocycles. The first-order valence-corrected chi connectivity index (χ1v) is 18.4. The number of benzene rings is 9. The molecule has 54 heavy (non-hydrogen) atoms. The van der Waals surface area contributed by atoms with E-state index in [1.165, 1.54) is 32.7 Å². The van der Waals surface area contributed by atoms with Gasteiger partial charge in [0, 0.05) is 33.3 Å². The molecule has 254 valence electrons. The Morgan fingerprint density at radius 3 is 1.65 bits per heavy atom. The van der Waals surface area contributed by atoms with Crippen LogP contribution >= 0.6 is 0 Å². The molecular formula is C52H35NO. The highest BCUT2D eigenvalue weighted by Crippen LogP contribution is 2.44. The maximum atomic E-state index is 6.58. The minimum absolute atomic E-state index is 0.883. The van der Waals surface area contributed by atoms with Gasteiger partial charge in [-0.2, -0.15) is 0 Å². The molecule has 1 aromatic heterocycles. The van der Waals surface area contributed by atoms with E-state index < -0.39 is 0 Å². The molecule has 0 atom stereocenters. The van der Waals surface area contributed by atoms with E-state index in [9.17, 15) is 0 Å². The summed E-state index contributed by atoms with van der Waals surface area (Å²) in [6.07, 6.45) is 0. The van der Waals surface area contributed by atoms with Crippen LogP contribution in [0.2, 0.25) is 0 Å². The zero-order valence-corrected chi connectivity index (χ0v) is 29.6. The lowest BCUT2D eigenvalue weighted by atomic mass is 9.96. The van der Waals surface area contributed by atoms with Gasteiger partial charge in [0.2, 0.25) is 0 Å². The first kappa shape index (κ1) is 31.6. The van der Waals surface area contributed by atoms with Crippen molar-refractivity contribution in [3.05, 3.63) is 212 Å². The average molecular weight is 690 g/mol. The average Bonchev–Trinajstić information content (AvgIpc) is 3.65. The third-order valence-corrected chi connectivity index (χ3v) is 10.4. The van der Waals surface area contributed by atoms with E-state index in [0.29, 0.717) is 0 Å². The standard InChI is InChI=1S/C52H35NO/c1-3-15-36(16-4-1)40-21-14-23-44(34-40)53(49-35-41-19-7-8-24-45(41)46-25-9-10-26-47(46)49)43-31-29-37(30-32-43)39-20-13-22-42(33-39)52-51(38-17-5-2-6-18-38)48-27-11-12-28-50(48)54-52/h1-35H. The molecular weight excluding hydrogens is 655 g/mol. The Balaban J connectivity index is 1.10. The van der Waals surface area contributed by atoms with Gasteiger partial charge in [-0.25, -0.2) is 0 Å². The molecule has 1 heterocycles.